The van der Waals surface area contributed by atoms with Crippen molar-refractivity contribution in [1.82, 2.24) is 5.01 Å². The molecule has 0 atom stereocenters. The third-order valence-electron chi connectivity index (χ3n) is 1.74. The second kappa shape index (κ2) is 4.39. The average molecular weight is 217 g/mol. The topological polar surface area (TPSA) is 46.3 Å². The van der Waals surface area contributed by atoms with Crippen LogP contribution in [0.5, 0.6) is 0 Å². The standard InChI is InChI=1S/C9H10ClFN2O/c1-13(12)9(14)5-6-4-7(10)2-3-8(6)11/h2-4H,5,12H2,1H3. The van der Waals surface area contributed by atoms with Gasteiger partial charge in [0.15, 0.2) is 0 Å². The predicted octanol–water partition coefficient (Wildman–Crippen LogP) is 1.35. The van der Waals surface area contributed by atoms with Gasteiger partial charge in [-0.2, -0.15) is 0 Å². The number of nitrogens with zero attached hydrogens (tertiary/aromatic N) is 1. The Labute approximate surface area is 86.2 Å². The van der Waals surface area contributed by atoms with Crippen molar-refractivity contribution in [3.05, 3.63) is 34.6 Å². The van der Waals surface area contributed by atoms with Gasteiger partial charge >= 0.3 is 0 Å². The summed E-state index contributed by atoms with van der Waals surface area (Å²) in [6, 6.07) is 4.07. The highest BCUT2D eigenvalue weighted by Crippen LogP contribution is 2.15. The Morgan fingerprint density at radius 1 is 1.64 bits per heavy atom. The molecule has 1 rings (SSSR count). The first-order chi connectivity index (χ1) is 6.50. The molecule has 0 aromatic heterocycles. The van der Waals surface area contributed by atoms with E-state index in [2.05, 4.69) is 0 Å². The number of hydrogen-bond donors (Lipinski definition) is 1. The number of likely N-dealkylation sites (N-methyl/N-ethyl adjacent to an activating group) is 1. The zero-order valence-corrected chi connectivity index (χ0v) is 8.38. The van der Waals surface area contributed by atoms with E-state index in [1.54, 1.807) is 0 Å². The fourth-order valence-corrected chi connectivity index (χ4v) is 1.16. The Hall–Kier alpha value is -1.13. The maximum absolute atomic E-state index is 13.1. The maximum atomic E-state index is 13.1. The smallest absolute Gasteiger partial charge is 0.240 e. The number of benzene rings is 1. The molecule has 0 unspecified atom stereocenters. The molecule has 0 saturated heterocycles. The van der Waals surface area contributed by atoms with Crippen molar-refractivity contribution >= 4 is 17.5 Å². The van der Waals surface area contributed by atoms with Gasteiger partial charge < -0.3 is 0 Å². The summed E-state index contributed by atoms with van der Waals surface area (Å²) in [5.41, 5.74) is 0.250. The second-order valence-corrected chi connectivity index (χ2v) is 3.35. The highest BCUT2D eigenvalue weighted by Gasteiger charge is 2.10. The predicted molar refractivity (Wildman–Crippen MR) is 52.1 cm³/mol. The Kier molecular flexibility index (Phi) is 3.43. The molecule has 3 nitrogen and oxygen atoms in total. The van der Waals surface area contributed by atoms with Crippen LogP contribution in [0, 0.1) is 5.82 Å². The molecule has 0 aliphatic rings. The highest BCUT2D eigenvalue weighted by molar-refractivity contribution is 6.30. The fourth-order valence-electron chi connectivity index (χ4n) is 0.966. The molecule has 0 bridgehead atoms. The monoisotopic (exact) mass is 216 g/mol. The van der Waals surface area contributed by atoms with Crippen molar-refractivity contribution in [1.29, 1.82) is 0 Å². The van der Waals surface area contributed by atoms with Crippen LogP contribution in [-0.2, 0) is 11.2 Å². The summed E-state index contributed by atoms with van der Waals surface area (Å²) in [5.74, 6) is 4.38. The van der Waals surface area contributed by atoms with Crippen LogP contribution in [0.1, 0.15) is 5.56 Å². The van der Waals surface area contributed by atoms with Gasteiger partial charge in [-0.3, -0.25) is 9.80 Å². The number of amides is 1. The first-order valence-corrected chi connectivity index (χ1v) is 4.33. The molecule has 0 aliphatic carbocycles. The Morgan fingerprint density at radius 3 is 2.86 bits per heavy atom. The van der Waals surface area contributed by atoms with E-state index in [1.165, 1.54) is 25.2 Å². The molecule has 0 aliphatic heterocycles. The van der Waals surface area contributed by atoms with Gasteiger partial charge in [-0.15, -0.1) is 0 Å². The minimum Gasteiger partial charge on any atom is -0.284 e. The lowest BCUT2D eigenvalue weighted by molar-refractivity contribution is -0.129. The fraction of sp³-hybridized carbons (Fsp3) is 0.222. The van der Waals surface area contributed by atoms with Crippen molar-refractivity contribution in [3.63, 3.8) is 0 Å². The number of hydrazine groups is 1. The first kappa shape index (κ1) is 10.9. The van der Waals surface area contributed by atoms with E-state index in [0.717, 1.165) is 5.01 Å². The number of nitrogens with two attached hydrogens (primary N) is 1. The molecule has 14 heavy (non-hydrogen) atoms. The lowest BCUT2D eigenvalue weighted by Crippen LogP contribution is -2.34. The first-order valence-electron chi connectivity index (χ1n) is 3.96. The van der Waals surface area contributed by atoms with Crippen LogP contribution in [0.3, 0.4) is 0 Å². The van der Waals surface area contributed by atoms with Crippen LogP contribution in [0.15, 0.2) is 18.2 Å². The number of rotatable bonds is 2. The maximum Gasteiger partial charge on any atom is 0.240 e. The third-order valence-corrected chi connectivity index (χ3v) is 1.98. The van der Waals surface area contributed by atoms with Gasteiger partial charge in [-0.1, -0.05) is 11.6 Å². The second-order valence-electron chi connectivity index (χ2n) is 2.92. The van der Waals surface area contributed by atoms with Crippen molar-refractivity contribution < 1.29 is 9.18 Å². The number of halogens is 2. The summed E-state index contributed by atoms with van der Waals surface area (Å²) < 4.78 is 13.1. The van der Waals surface area contributed by atoms with E-state index in [4.69, 9.17) is 17.4 Å². The minimum absolute atomic E-state index is 0.0839. The van der Waals surface area contributed by atoms with Crippen LogP contribution in [0.4, 0.5) is 4.39 Å². The highest BCUT2D eigenvalue weighted by atomic mass is 35.5. The van der Waals surface area contributed by atoms with Crippen molar-refractivity contribution in [2.45, 2.75) is 6.42 Å². The summed E-state index contributed by atoms with van der Waals surface area (Å²) in [5, 5.41) is 1.31. The molecule has 76 valence electrons. The molecular weight excluding hydrogens is 207 g/mol. The molecule has 0 radical (unpaired) electrons. The van der Waals surface area contributed by atoms with Crippen LogP contribution in [0.2, 0.25) is 5.02 Å². The average Bonchev–Trinajstić information content (AvgIpc) is 2.11. The van der Waals surface area contributed by atoms with E-state index >= 15 is 0 Å². The zero-order chi connectivity index (χ0) is 10.7. The van der Waals surface area contributed by atoms with Crippen LogP contribution in [-0.4, -0.2) is 18.0 Å². The van der Waals surface area contributed by atoms with E-state index in [9.17, 15) is 9.18 Å². The lowest BCUT2D eigenvalue weighted by Gasteiger charge is -2.10. The summed E-state index contributed by atoms with van der Waals surface area (Å²) in [4.78, 5) is 11.2. The van der Waals surface area contributed by atoms with E-state index in [-0.39, 0.29) is 17.9 Å². The van der Waals surface area contributed by atoms with Gasteiger partial charge in [-0.25, -0.2) is 10.2 Å². The Morgan fingerprint density at radius 2 is 2.29 bits per heavy atom. The van der Waals surface area contributed by atoms with E-state index < -0.39 is 5.82 Å². The van der Waals surface area contributed by atoms with E-state index in [1.807, 2.05) is 0 Å². The molecule has 5 heteroatoms. The number of carbonyl (C=O) groups excluding carboxylic acids is 1. The van der Waals surface area contributed by atoms with Crippen LogP contribution < -0.4 is 5.84 Å². The van der Waals surface area contributed by atoms with Crippen molar-refractivity contribution in [2.24, 2.45) is 5.84 Å². The van der Waals surface area contributed by atoms with Crippen molar-refractivity contribution in [3.8, 4) is 0 Å². The van der Waals surface area contributed by atoms with Gasteiger partial charge in [0.1, 0.15) is 5.82 Å². The quantitative estimate of drug-likeness (QED) is 0.461. The van der Waals surface area contributed by atoms with Crippen LogP contribution >= 0.6 is 11.6 Å². The molecular formula is C9H10ClFN2O. The molecule has 0 spiro atoms. The molecule has 1 aromatic carbocycles. The normalized spacial score (nSPS) is 10.0. The van der Waals surface area contributed by atoms with Crippen molar-refractivity contribution in [2.75, 3.05) is 7.05 Å². The van der Waals surface area contributed by atoms with Gasteiger partial charge in [-0.05, 0) is 23.8 Å². The summed E-state index contributed by atoms with van der Waals surface area (Å²) in [6.07, 6.45) is -0.0839. The summed E-state index contributed by atoms with van der Waals surface area (Å²) in [6.45, 7) is 0. The lowest BCUT2D eigenvalue weighted by atomic mass is 10.1. The third kappa shape index (κ3) is 2.68. The largest absolute Gasteiger partial charge is 0.284 e. The molecule has 0 heterocycles. The molecule has 0 fully saturated rings. The van der Waals surface area contributed by atoms with Gasteiger partial charge in [0, 0.05) is 12.1 Å². The molecule has 1 aromatic rings. The van der Waals surface area contributed by atoms with Gasteiger partial charge in [0.05, 0.1) is 6.42 Å². The number of hydrogen-bond acceptors (Lipinski definition) is 2. The molecule has 0 saturated carbocycles. The van der Waals surface area contributed by atoms with Gasteiger partial charge in [0.2, 0.25) is 5.91 Å². The Bertz CT molecular complexity index is 355. The van der Waals surface area contributed by atoms with Crippen LogP contribution in [0.25, 0.3) is 0 Å². The Balaban J connectivity index is 2.86. The molecule has 1 amide bonds. The number of carbonyl (C=O) groups is 1. The van der Waals surface area contributed by atoms with E-state index in [0.29, 0.717) is 5.02 Å². The summed E-state index contributed by atoms with van der Waals surface area (Å²) >= 11 is 5.66. The SMILES string of the molecule is CN(N)C(=O)Cc1cc(Cl)ccc1F. The zero-order valence-electron chi connectivity index (χ0n) is 7.63. The molecule has 2 N–H and O–H groups in total. The van der Waals surface area contributed by atoms with Gasteiger partial charge in [0.25, 0.3) is 0 Å². The summed E-state index contributed by atoms with van der Waals surface area (Å²) in [7, 11) is 1.41. The minimum atomic E-state index is -0.454.